The van der Waals surface area contributed by atoms with Crippen molar-refractivity contribution in [2.24, 2.45) is 0 Å². The Morgan fingerprint density at radius 1 is 1.13 bits per heavy atom. The first-order valence-electron chi connectivity index (χ1n) is 9.79. The molecule has 1 heterocycles. The molecule has 0 aliphatic carbocycles. The van der Waals surface area contributed by atoms with Crippen molar-refractivity contribution in [2.45, 2.75) is 13.5 Å². The maximum absolute atomic E-state index is 12.5. The topological polar surface area (TPSA) is 67.9 Å². The average Bonchev–Trinajstić information content (AvgIpc) is 2.76. The van der Waals surface area contributed by atoms with Crippen molar-refractivity contribution in [3.05, 3.63) is 82.9 Å². The van der Waals surface area contributed by atoms with Crippen LogP contribution in [0.4, 0.5) is 11.4 Å². The van der Waals surface area contributed by atoms with Gasteiger partial charge in [-0.2, -0.15) is 0 Å². The summed E-state index contributed by atoms with van der Waals surface area (Å²) in [5.74, 6) is 0.552. The quantitative estimate of drug-likeness (QED) is 0.613. The van der Waals surface area contributed by atoms with Crippen LogP contribution in [-0.2, 0) is 16.1 Å². The van der Waals surface area contributed by atoms with Gasteiger partial charge in [0.05, 0.1) is 17.3 Å². The highest BCUT2D eigenvalue weighted by molar-refractivity contribution is 6.32. The van der Waals surface area contributed by atoms with Gasteiger partial charge in [0, 0.05) is 5.69 Å². The van der Waals surface area contributed by atoms with Gasteiger partial charge in [0.2, 0.25) is 0 Å². The van der Waals surface area contributed by atoms with Gasteiger partial charge in [-0.25, -0.2) is 0 Å². The molecular formula is C24H21ClN2O4. The Morgan fingerprint density at radius 3 is 2.68 bits per heavy atom. The van der Waals surface area contributed by atoms with Gasteiger partial charge >= 0.3 is 0 Å². The van der Waals surface area contributed by atoms with E-state index in [1.807, 2.05) is 31.2 Å². The first kappa shape index (κ1) is 20.8. The highest BCUT2D eigenvalue weighted by atomic mass is 35.5. The first-order chi connectivity index (χ1) is 15.0. The van der Waals surface area contributed by atoms with Crippen LogP contribution in [0.5, 0.6) is 11.5 Å². The second-order valence-electron chi connectivity index (χ2n) is 7.20. The molecule has 3 aromatic carbocycles. The van der Waals surface area contributed by atoms with E-state index >= 15 is 0 Å². The van der Waals surface area contributed by atoms with Gasteiger partial charge in [-0.15, -0.1) is 0 Å². The number of amides is 2. The molecule has 0 atom stereocenters. The van der Waals surface area contributed by atoms with E-state index in [-0.39, 0.29) is 25.0 Å². The lowest BCUT2D eigenvalue weighted by Gasteiger charge is -2.30. The van der Waals surface area contributed by atoms with Crippen molar-refractivity contribution in [3.8, 4) is 11.5 Å². The summed E-state index contributed by atoms with van der Waals surface area (Å²) in [6.07, 6.45) is 0. The molecule has 6 nitrogen and oxygen atoms in total. The number of carbonyl (C=O) groups is 2. The monoisotopic (exact) mass is 436 g/mol. The normalized spacial score (nSPS) is 12.7. The summed E-state index contributed by atoms with van der Waals surface area (Å²) >= 11 is 6.04. The van der Waals surface area contributed by atoms with E-state index in [0.717, 1.165) is 11.1 Å². The molecule has 158 valence electrons. The molecular weight excluding hydrogens is 416 g/mol. The number of para-hydroxylation sites is 1. The van der Waals surface area contributed by atoms with Crippen molar-refractivity contribution in [2.75, 3.05) is 23.4 Å². The summed E-state index contributed by atoms with van der Waals surface area (Å²) in [6.45, 7) is 2.23. The van der Waals surface area contributed by atoms with Gasteiger partial charge in [-0.3, -0.25) is 9.59 Å². The molecule has 0 spiro atoms. The van der Waals surface area contributed by atoms with Crippen LogP contribution < -0.4 is 19.7 Å². The van der Waals surface area contributed by atoms with Gasteiger partial charge in [0.15, 0.2) is 13.2 Å². The Kier molecular flexibility index (Phi) is 6.09. The fourth-order valence-corrected chi connectivity index (χ4v) is 3.42. The summed E-state index contributed by atoms with van der Waals surface area (Å²) < 4.78 is 11.0. The third kappa shape index (κ3) is 4.98. The van der Waals surface area contributed by atoms with Crippen LogP contribution in [0.2, 0.25) is 5.02 Å². The molecule has 3 aromatic rings. The first-order valence-corrected chi connectivity index (χ1v) is 10.2. The number of rotatable bonds is 6. The van der Waals surface area contributed by atoms with E-state index in [4.69, 9.17) is 21.1 Å². The SMILES string of the molecule is Cc1ccc(CN2C(=O)COc3ccc(NC(=O)COc4ccccc4Cl)cc32)cc1. The lowest BCUT2D eigenvalue weighted by atomic mass is 10.1. The van der Waals surface area contributed by atoms with Gasteiger partial charge in [0.25, 0.3) is 11.8 Å². The minimum atomic E-state index is -0.340. The molecule has 0 fully saturated rings. The van der Waals surface area contributed by atoms with E-state index in [9.17, 15) is 9.59 Å². The number of anilines is 2. The Hall–Kier alpha value is -3.51. The predicted octanol–water partition coefficient (Wildman–Crippen LogP) is 4.59. The minimum Gasteiger partial charge on any atom is -0.482 e. The van der Waals surface area contributed by atoms with Crippen LogP contribution in [0.1, 0.15) is 11.1 Å². The summed E-state index contributed by atoms with van der Waals surface area (Å²) in [6, 6.07) is 20.2. The van der Waals surface area contributed by atoms with E-state index < -0.39 is 0 Å². The molecule has 0 bridgehead atoms. The van der Waals surface area contributed by atoms with Crippen molar-refractivity contribution in [1.82, 2.24) is 0 Å². The Labute approximate surface area is 185 Å². The van der Waals surface area contributed by atoms with Crippen molar-refractivity contribution < 1.29 is 19.1 Å². The van der Waals surface area contributed by atoms with Crippen LogP contribution in [0.3, 0.4) is 0 Å². The third-order valence-corrected chi connectivity index (χ3v) is 5.15. The minimum absolute atomic E-state index is 0.0176. The molecule has 4 rings (SSSR count). The Balaban J connectivity index is 1.47. The highest BCUT2D eigenvalue weighted by Gasteiger charge is 2.26. The number of ether oxygens (including phenoxy) is 2. The molecule has 0 aromatic heterocycles. The largest absolute Gasteiger partial charge is 0.482 e. The third-order valence-electron chi connectivity index (χ3n) is 4.84. The lowest BCUT2D eigenvalue weighted by molar-refractivity contribution is -0.121. The predicted molar refractivity (Wildman–Crippen MR) is 120 cm³/mol. The number of benzene rings is 3. The Bertz CT molecular complexity index is 1110. The van der Waals surface area contributed by atoms with Crippen LogP contribution in [0.15, 0.2) is 66.7 Å². The second kappa shape index (κ2) is 9.10. The van der Waals surface area contributed by atoms with E-state index in [1.54, 1.807) is 47.4 Å². The molecule has 0 unspecified atom stereocenters. The number of hydrogen-bond acceptors (Lipinski definition) is 4. The number of nitrogens with zero attached hydrogens (tertiary/aromatic N) is 1. The number of nitrogens with one attached hydrogen (secondary N) is 1. The van der Waals surface area contributed by atoms with Crippen LogP contribution in [0, 0.1) is 6.92 Å². The fraction of sp³-hybridized carbons (Fsp3) is 0.167. The summed E-state index contributed by atoms with van der Waals surface area (Å²) in [7, 11) is 0. The van der Waals surface area contributed by atoms with Gasteiger partial charge in [-0.05, 0) is 42.8 Å². The zero-order valence-electron chi connectivity index (χ0n) is 16.9. The van der Waals surface area contributed by atoms with Gasteiger partial charge < -0.3 is 19.7 Å². The van der Waals surface area contributed by atoms with E-state index in [1.165, 1.54) is 0 Å². The van der Waals surface area contributed by atoms with Crippen LogP contribution in [-0.4, -0.2) is 25.0 Å². The van der Waals surface area contributed by atoms with Crippen LogP contribution >= 0.6 is 11.6 Å². The maximum atomic E-state index is 12.5. The smallest absolute Gasteiger partial charge is 0.265 e. The standard InChI is InChI=1S/C24H21ClN2O4/c1-16-6-8-17(9-7-16)13-27-20-12-18(10-11-22(20)31-15-24(27)29)26-23(28)14-30-21-5-3-2-4-19(21)25/h2-12H,13-15H2,1H3,(H,26,28). The highest BCUT2D eigenvalue weighted by Crippen LogP contribution is 2.35. The summed E-state index contributed by atoms with van der Waals surface area (Å²) in [4.78, 5) is 26.5. The molecule has 1 aliphatic rings. The van der Waals surface area contributed by atoms with Gasteiger partial charge in [0.1, 0.15) is 11.5 Å². The summed E-state index contributed by atoms with van der Waals surface area (Å²) in [5.41, 5.74) is 3.32. The number of hydrogen-bond donors (Lipinski definition) is 1. The molecule has 0 saturated heterocycles. The maximum Gasteiger partial charge on any atom is 0.265 e. The molecule has 1 aliphatic heterocycles. The average molecular weight is 437 g/mol. The molecule has 0 radical (unpaired) electrons. The van der Waals surface area contributed by atoms with E-state index in [0.29, 0.717) is 34.4 Å². The van der Waals surface area contributed by atoms with Crippen molar-refractivity contribution in [3.63, 3.8) is 0 Å². The van der Waals surface area contributed by atoms with Gasteiger partial charge in [-0.1, -0.05) is 53.6 Å². The summed E-state index contributed by atoms with van der Waals surface area (Å²) in [5, 5.41) is 3.22. The molecule has 7 heteroatoms. The fourth-order valence-electron chi connectivity index (χ4n) is 3.23. The van der Waals surface area contributed by atoms with E-state index in [2.05, 4.69) is 5.32 Å². The number of carbonyl (C=O) groups excluding carboxylic acids is 2. The number of halogens is 1. The molecule has 0 saturated carbocycles. The van der Waals surface area contributed by atoms with Crippen LogP contribution in [0.25, 0.3) is 0 Å². The van der Waals surface area contributed by atoms with Crippen molar-refractivity contribution in [1.29, 1.82) is 0 Å². The zero-order valence-corrected chi connectivity index (χ0v) is 17.7. The number of fused-ring (bicyclic) bond motifs is 1. The second-order valence-corrected chi connectivity index (χ2v) is 7.61. The number of aryl methyl sites for hydroxylation is 1. The lowest BCUT2D eigenvalue weighted by Crippen LogP contribution is -2.38. The zero-order chi connectivity index (χ0) is 21.8. The Morgan fingerprint density at radius 2 is 1.90 bits per heavy atom. The molecule has 1 N–H and O–H groups in total. The molecule has 2 amide bonds. The van der Waals surface area contributed by atoms with Crippen molar-refractivity contribution >= 4 is 34.8 Å². The molecule has 31 heavy (non-hydrogen) atoms.